The number of thiophene rings is 1. The van der Waals surface area contributed by atoms with Gasteiger partial charge in [0.05, 0.1) is 3.79 Å². The van der Waals surface area contributed by atoms with Crippen molar-refractivity contribution in [1.82, 2.24) is 0 Å². The van der Waals surface area contributed by atoms with Crippen molar-refractivity contribution in [2.45, 2.75) is 26.3 Å². The Bertz CT molecular complexity index is 588. The van der Waals surface area contributed by atoms with Crippen LogP contribution in [0.2, 0.25) is 0 Å². The highest BCUT2D eigenvalue weighted by Crippen LogP contribution is 2.27. The third-order valence-corrected chi connectivity index (χ3v) is 5.39. The molecule has 20 heavy (non-hydrogen) atoms. The summed E-state index contributed by atoms with van der Waals surface area (Å²) in [6.45, 7) is 5.48. The van der Waals surface area contributed by atoms with Gasteiger partial charge in [-0.3, -0.25) is 0 Å². The Morgan fingerprint density at radius 3 is 2.65 bits per heavy atom. The number of benzene rings is 1. The second-order valence-electron chi connectivity index (χ2n) is 5.25. The molecule has 106 valence electrons. The first kappa shape index (κ1) is 14.0. The number of nitrogens with zero attached hydrogens (tertiary/aromatic N) is 1. The largest absolute Gasteiger partial charge is 0.380 e. The molecule has 1 N–H and O–H groups in total. The van der Waals surface area contributed by atoms with Crippen molar-refractivity contribution in [3.63, 3.8) is 0 Å². The zero-order chi connectivity index (χ0) is 13.9. The van der Waals surface area contributed by atoms with Crippen LogP contribution in [0.3, 0.4) is 0 Å². The van der Waals surface area contributed by atoms with E-state index in [2.05, 4.69) is 63.4 Å². The van der Waals surface area contributed by atoms with Crippen LogP contribution in [0.4, 0.5) is 11.4 Å². The van der Waals surface area contributed by atoms with E-state index in [0.29, 0.717) is 0 Å². The summed E-state index contributed by atoms with van der Waals surface area (Å²) >= 11 is 5.29. The Balaban J connectivity index is 1.67. The zero-order valence-electron chi connectivity index (χ0n) is 11.7. The minimum absolute atomic E-state index is 0.889. The smallest absolute Gasteiger partial charge is 0.0702 e. The third-order valence-electron chi connectivity index (χ3n) is 3.76. The SMILES string of the molecule is Cc1cc(N2CCCC2)ccc1NCc1ccc(Br)s1. The maximum atomic E-state index is 3.53. The van der Waals surface area contributed by atoms with Gasteiger partial charge < -0.3 is 10.2 Å². The van der Waals surface area contributed by atoms with E-state index < -0.39 is 0 Å². The fraction of sp³-hybridized carbons (Fsp3) is 0.375. The average molecular weight is 351 g/mol. The minimum atomic E-state index is 0.889. The van der Waals surface area contributed by atoms with Gasteiger partial charge in [-0.25, -0.2) is 0 Å². The highest BCUT2D eigenvalue weighted by Gasteiger charge is 2.12. The predicted octanol–water partition coefficient (Wildman–Crippen LogP) is 5.03. The predicted molar refractivity (Wildman–Crippen MR) is 92.0 cm³/mol. The molecule has 0 bridgehead atoms. The lowest BCUT2D eigenvalue weighted by Crippen LogP contribution is -2.17. The second kappa shape index (κ2) is 6.19. The lowest BCUT2D eigenvalue weighted by Gasteiger charge is -2.19. The Kier molecular flexibility index (Phi) is 4.32. The normalized spacial score (nSPS) is 14.8. The van der Waals surface area contributed by atoms with E-state index >= 15 is 0 Å². The molecule has 1 aliphatic heterocycles. The highest BCUT2D eigenvalue weighted by molar-refractivity contribution is 9.11. The first-order valence-electron chi connectivity index (χ1n) is 7.06. The van der Waals surface area contributed by atoms with Gasteiger partial charge in [0.2, 0.25) is 0 Å². The van der Waals surface area contributed by atoms with Gasteiger partial charge in [-0.1, -0.05) is 0 Å². The van der Waals surface area contributed by atoms with Crippen LogP contribution in [-0.4, -0.2) is 13.1 Å². The number of halogens is 1. The van der Waals surface area contributed by atoms with E-state index in [1.807, 2.05) is 0 Å². The summed E-state index contributed by atoms with van der Waals surface area (Å²) in [6.07, 6.45) is 2.65. The quantitative estimate of drug-likeness (QED) is 0.831. The van der Waals surface area contributed by atoms with Gasteiger partial charge in [-0.05, 0) is 71.6 Å². The van der Waals surface area contributed by atoms with Crippen LogP contribution in [0.25, 0.3) is 0 Å². The van der Waals surface area contributed by atoms with Gasteiger partial charge in [-0.15, -0.1) is 11.3 Å². The lowest BCUT2D eigenvalue weighted by atomic mass is 10.1. The molecule has 2 heterocycles. The fourth-order valence-corrected chi connectivity index (χ4v) is 4.07. The first-order chi connectivity index (χ1) is 9.72. The molecule has 0 aliphatic carbocycles. The van der Waals surface area contributed by atoms with Crippen LogP contribution in [0, 0.1) is 6.92 Å². The molecule has 1 aromatic heterocycles. The molecule has 0 atom stereocenters. The summed E-state index contributed by atoms with van der Waals surface area (Å²) < 4.78 is 1.19. The molecule has 0 amide bonds. The molecular weight excluding hydrogens is 332 g/mol. The van der Waals surface area contributed by atoms with E-state index in [4.69, 9.17) is 0 Å². The van der Waals surface area contributed by atoms with Crippen molar-refractivity contribution in [3.8, 4) is 0 Å². The van der Waals surface area contributed by atoms with E-state index in [-0.39, 0.29) is 0 Å². The maximum Gasteiger partial charge on any atom is 0.0702 e. The van der Waals surface area contributed by atoms with Crippen LogP contribution in [0.1, 0.15) is 23.3 Å². The molecule has 1 aromatic carbocycles. The Morgan fingerprint density at radius 2 is 2.00 bits per heavy atom. The molecule has 0 radical (unpaired) electrons. The highest BCUT2D eigenvalue weighted by atomic mass is 79.9. The zero-order valence-corrected chi connectivity index (χ0v) is 14.1. The van der Waals surface area contributed by atoms with E-state index in [9.17, 15) is 0 Å². The molecule has 0 unspecified atom stereocenters. The summed E-state index contributed by atoms with van der Waals surface area (Å²) in [7, 11) is 0. The van der Waals surface area contributed by atoms with E-state index in [0.717, 1.165) is 6.54 Å². The Morgan fingerprint density at radius 1 is 1.20 bits per heavy atom. The lowest BCUT2D eigenvalue weighted by molar-refractivity contribution is 0.949. The fourth-order valence-electron chi connectivity index (χ4n) is 2.65. The molecule has 0 spiro atoms. The van der Waals surface area contributed by atoms with Gasteiger partial charge in [-0.2, -0.15) is 0 Å². The van der Waals surface area contributed by atoms with Crippen LogP contribution in [0.15, 0.2) is 34.1 Å². The molecule has 1 aliphatic rings. The van der Waals surface area contributed by atoms with Crippen LogP contribution in [0.5, 0.6) is 0 Å². The van der Waals surface area contributed by atoms with E-state index in [1.165, 1.54) is 51.5 Å². The van der Waals surface area contributed by atoms with Gasteiger partial charge in [0.15, 0.2) is 0 Å². The van der Waals surface area contributed by atoms with Gasteiger partial charge in [0.25, 0.3) is 0 Å². The van der Waals surface area contributed by atoms with Crippen molar-refractivity contribution >= 4 is 38.6 Å². The van der Waals surface area contributed by atoms with Crippen LogP contribution in [-0.2, 0) is 6.54 Å². The second-order valence-corrected chi connectivity index (χ2v) is 7.80. The molecule has 3 rings (SSSR count). The standard InChI is InChI=1S/C16H19BrN2S/c1-12-10-13(19-8-2-3-9-19)4-6-15(12)18-11-14-5-7-16(17)20-14/h4-7,10,18H,2-3,8-9,11H2,1H3. The number of aryl methyl sites for hydroxylation is 1. The molecule has 2 aromatic rings. The molecule has 0 saturated carbocycles. The molecular formula is C16H19BrN2S. The van der Waals surface area contributed by atoms with Crippen molar-refractivity contribution in [2.24, 2.45) is 0 Å². The van der Waals surface area contributed by atoms with Crippen LogP contribution >= 0.6 is 27.3 Å². The summed E-state index contributed by atoms with van der Waals surface area (Å²) in [5.41, 5.74) is 3.92. The number of anilines is 2. The summed E-state index contributed by atoms with van der Waals surface area (Å²) in [5, 5.41) is 3.53. The number of nitrogens with one attached hydrogen (secondary N) is 1. The molecule has 1 fully saturated rings. The minimum Gasteiger partial charge on any atom is -0.380 e. The average Bonchev–Trinajstić information content (AvgIpc) is 3.08. The first-order valence-corrected chi connectivity index (χ1v) is 8.67. The summed E-state index contributed by atoms with van der Waals surface area (Å²) in [6, 6.07) is 11.0. The van der Waals surface area contributed by atoms with Crippen molar-refractivity contribution < 1.29 is 0 Å². The molecule has 1 saturated heterocycles. The van der Waals surface area contributed by atoms with Gasteiger partial charge in [0.1, 0.15) is 0 Å². The monoisotopic (exact) mass is 350 g/mol. The number of hydrogen-bond acceptors (Lipinski definition) is 3. The molecule has 4 heteroatoms. The topological polar surface area (TPSA) is 15.3 Å². The van der Waals surface area contributed by atoms with Crippen molar-refractivity contribution in [2.75, 3.05) is 23.3 Å². The van der Waals surface area contributed by atoms with Crippen molar-refractivity contribution in [1.29, 1.82) is 0 Å². The number of rotatable bonds is 4. The summed E-state index contributed by atoms with van der Waals surface area (Å²) in [4.78, 5) is 3.83. The van der Waals surface area contributed by atoms with Crippen LogP contribution < -0.4 is 10.2 Å². The molecule has 2 nitrogen and oxygen atoms in total. The third kappa shape index (κ3) is 3.18. The number of hydrogen-bond donors (Lipinski definition) is 1. The Hall–Kier alpha value is -1.000. The summed E-state index contributed by atoms with van der Waals surface area (Å²) in [5.74, 6) is 0. The van der Waals surface area contributed by atoms with E-state index in [1.54, 1.807) is 11.3 Å². The van der Waals surface area contributed by atoms with Gasteiger partial charge >= 0.3 is 0 Å². The van der Waals surface area contributed by atoms with Gasteiger partial charge in [0, 0.05) is 35.9 Å². The maximum absolute atomic E-state index is 3.53. The van der Waals surface area contributed by atoms with Crippen molar-refractivity contribution in [3.05, 3.63) is 44.6 Å². The Labute approximate surface area is 132 Å².